The molecule has 0 fully saturated rings. The van der Waals surface area contributed by atoms with Crippen LogP contribution in [0.1, 0.15) is 58.1 Å². The van der Waals surface area contributed by atoms with Gasteiger partial charge in [-0.3, -0.25) is 14.9 Å². The van der Waals surface area contributed by atoms with E-state index in [0.29, 0.717) is 16.9 Å². The molecule has 0 aromatic heterocycles. The van der Waals surface area contributed by atoms with Crippen LogP contribution < -0.4 is 5.32 Å². The van der Waals surface area contributed by atoms with Gasteiger partial charge in [0, 0.05) is 35.9 Å². The van der Waals surface area contributed by atoms with E-state index >= 15 is 0 Å². The summed E-state index contributed by atoms with van der Waals surface area (Å²) in [5.41, 5.74) is 0.655. The molecule has 0 spiro atoms. The minimum atomic E-state index is -1.66. The molecule has 2 aromatic rings. The summed E-state index contributed by atoms with van der Waals surface area (Å²) in [6.45, 7) is 10.2. The number of anilines is 1. The number of non-ortho nitro benzene ring substituents is 1. The number of aryl methyl sites for hydroxylation is 1. The summed E-state index contributed by atoms with van der Waals surface area (Å²) in [5.74, 6) is -3.69. The monoisotopic (exact) mass is 510 g/mol. The first-order valence-electron chi connectivity index (χ1n) is 12.2. The fraction of sp³-hybridized carbons (Fsp3) is 0.429. The number of nitro groups is 1. The van der Waals surface area contributed by atoms with Crippen LogP contribution in [0, 0.1) is 23.0 Å². The second kappa shape index (κ2) is 11.1. The SMILES string of the molecule is Cc1ccc(NC2=C(C(=O)OC(C)C)C(c3cccc([N+](=O)[O-])c3)C(C(=O)OC(C)C)C(C)(O)C2)cc1. The Balaban J connectivity index is 2.30. The lowest BCUT2D eigenvalue weighted by Gasteiger charge is -2.43. The Bertz CT molecular complexity index is 1200. The van der Waals surface area contributed by atoms with Crippen LogP contribution in [0.3, 0.4) is 0 Å². The van der Waals surface area contributed by atoms with Crippen molar-refractivity contribution in [2.24, 2.45) is 5.92 Å². The van der Waals surface area contributed by atoms with Crippen molar-refractivity contribution in [3.05, 3.63) is 81.0 Å². The van der Waals surface area contributed by atoms with Crippen LogP contribution in [0.4, 0.5) is 11.4 Å². The molecule has 0 amide bonds. The summed E-state index contributed by atoms with van der Waals surface area (Å²) in [4.78, 5) is 38.0. The standard InChI is InChI=1S/C28H34N2O7/c1-16(2)36-26(31)24-22(29-20-12-10-18(5)11-13-20)15-28(6,33)25(27(32)37-17(3)4)23(24)19-8-7-9-21(14-19)30(34)35/h7-14,16-17,23,25,29,33H,15H2,1-6H3. The van der Waals surface area contributed by atoms with E-state index in [2.05, 4.69) is 5.32 Å². The van der Waals surface area contributed by atoms with Gasteiger partial charge in [0.05, 0.1) is 34.2 Å². The molecule has 3 atom stereocenters. The van der Waals surface area contributed by atoms with E-state index in [-0.39, 0.29) is 17.7 Å². The predicted molar refractivity (Wildman–Crippen MR) is 139 cm³/mol. The molecule has 0 saturated heterocycles. The van der Waals surface area contributed by atoms with E-state index in [1.54, 1.807) is 33.8 Å². The van der Waals surface area contributed by atoms with Gasteiger partial charge in [0.2, 0.25) is 0 Å². The highest BCUT2D eigenvalue weighted by Crippen LogP contribution is 2.48. The van der Waals surface area contributed by atoms with Gasteiger partial charge >= 0.3 is 11.9 Å². The molecule has 3 rings (SSSR count). The van der Waals surface area contributed by atoms with Crippen LogP contribution in [0.2, 0.25) is 0 Å². The summed E-state index contributed by atoms with van der Waals surface area (Å²) in [5, 5.41) is 26.4. The van der Waals surface area contributed by atoms with E-state index in [1.807, 2.05) is 31.2 Å². The van der Waals surface area contributed by atoms with Crippen LogP contribution in [0.5, 0.6) is 0 Å². The number of nitro benzene ring substituents is 1. The van der Waals surface area contributed by atoms with Crippen LogP contribution in [-0.2, 0) is 19.1 Å². The Kier molecular flexibility index (Phi) is 8.38. The number of carbonyl (C=O) groups excluding carboxylic acids is 2. The van der Waals surface area contributed by atoms with Gasteiger partial charge in [-0.05, 0) is 59.2 Å². The summed E-state index contributed by atoms with van der Waals surface area (Å²) in [7, 11) is 0. The first-order valence-corrected chi connectivity index (χ1v) is 12.2. The molecule has 2 N–H and O–H groups in total. The van der Waals surface area contributed by atoms with Crippen LogP contribution >= 0.6 is 0 Å². The number of carbonyl (C=O) groups is 2. The highest BCUT2D eigenvalue weighted by Gasteiger charge is 2.53. The Labute approximate surface area is 216 Å². The Hall–Kier alpha value is -3.72. The summed E-state index contributed by atoms with van der Waals surface area (Å²) in [6.07, 6.45) is -1.02. The van der Waals surface area contributed by atoms with Gasteiger partial charge in [0.15, 0.2) is 0 Å². The average molecular weight is 511 g/mol. The lowest BCUT2D eigenvalue weighted by molar-refractivity contribution is -0.384. The van der Waals surface area contributed by atoms with Gasteiger partial charge in [-0.25, -0.2) is 4.79 Å². The third kappa shape index (κ3) is 6.54. The number of hydrogen-bond acceptors (Lipinski definition) is 8. The van der Waals surface area contributed by atoms with Crippen molar-refractivity contribution in [2.75, 3.05) is 5.32 Å². The minimum absolute atomic E-state index is 0.0767. The zero-order chi connectivity index (χ0) is 27.5. The lowest BCUT2D eigenvalue weighted by Crippen LogP contribution is -2.50. The van der Waals surface area contributed by atoms with Crippen LogP contribution in [0.25, 0.3) is 0 Å². The van der Waals surface area contributed by atoms with Gasteiger partial charge in [-0.1, -0.05) is 29.8 Å². The first kappa shape index (κ1) is 27.9. The molecule has 0 bridgehead atoms. The quantitative estimate of drug-likeness (QED) is 0.288. The molecule has 2 aromatic carbocycles. The maximum absolute atomic E-state index is 13.6. The van der Waals surface area contributed by atoms with Crippen molar-refractivity contribution in [1.29, 1.82) is 0 Å². The van der Waals surface area contributed by atoms with Crippen molar-refractivity contribution in [3.63, 3.8) is 0 Å². The number of nitrogens with zero attached hydrogens (tertiary/aromatic N) is 1. The number of benzene rings is 2. The molecular weight excluding hydrogens is 476 g/mol. The van der Waals surface area contributed by atoms with Crippen molar-refractivity contribution < 1.29 is 29.1 Å². The normalized spacial score (nSPS) is 21.6. The summed E-state index contributed by atoms with van der Waals surface area (Å²) < 4.78 is 11.1. The molecule has 0 heterocycles. The van der Waals surface area contributed by atoms with Gasteiger partial charge < -0.3 is 19.9 Å². The Morgan fingerprint density at radius 1 is 1.08 bits per heavy atom. The number of ether oxygens (including phenoxy) is 2. The molecule has 9 heteroatoms. The topological polar surface area (TPSA) is 128 Å². The zero-order valence-electron chi connectivity index (χ0n) is 22.0. The summed E-state index contributed by atoms with van der Waals surface area (Å²) >= 11 is 0. The van der Waals surface area contributed by atoms with Gasteiger partial charge in [0.25, 0.3) is 5.69 Å². The molecule has 0 radical (unpaired) electrons. The number of esters is 2. The molecule has 37 heavy (non-hydrogen) atoms. The van der Waals surface area contributed by atoms with Crippen LogP contribution in [0.15, 0.2) is 59.8 Å². The predicted octanol–water partition coefficient (Wildman–Crippen LogP) is 5.03. The lowest BCUT2D eigenvalue weighted by atomic mass is 9.65. The van der Waals surface area contributed by atoms with Crippen molar-refractivity contribution in [3.8, 4) is 0 Å². The molecule has 0 aliphatic heterocycles. The Morgan fingerprint density at radius 3 is 2.27 bits per heavy atom. The van der Waals surface area contributed by atoms with Gasteiger partial charge in [-0.2, -0.15) is 0 Å². The number of nitrogens with one attached hydrogen (secondary N) is 1. The van der Waals surface area contributed by atoms with Crippen molar-refractivity contribution in [1.82, 2.24) is 0 Å². The number of aliphatic hydroxyl groups is 1. The fourth-order valence-electron chi connectivity index (χ4n) is 4.61. The van der Waals surface area contributed by atoms with Crippen molar-refractivity contribution in [2.45, 2.75) is 71.7 Å². The Morgan fingerprint density at radius 2 is 1.70 bits per heavy atom. The zero-order valence-corrected chi connectivity index (χ0v) is 22.0. The molecule has 0 saturated carbocycles. The summed E-state index contributed by atoms with van der Waals surface area (Å²) in [6, 6.07) is 13.2. The third-order valence-electron chi connectivity index (χ3n) is 6.13. The largest absolute Gasteiger partial charge is 0.463 e. The van der Waals surface area contributed by atoms with E-state index in [0.717, 1.165) is 5.56 Å². The number of rotatable bonds is 8. The molecule has 1 aliphatic rings. The third-order valence-corrected chi connectivity index (χ3v) is 6.13. The molecule has 198 valence electrons. The van der Waals surface area contributed by atoms with Gasteiger partial charge in [-0.15, -0.1) is 0 Å². The highest BCUT2D eigenvalue weighted by molar-refractivity contribution is 5.94. The molecular formula is C28H34N2O7. The molecule has 9 nitrogen and oxygen atoms in total. The first-order chi connectivity index (χ1) is 17.3. The van der Waals surface area contributed by atoms with Crippen LogP contribution in [-0.4, -0.2) is 39.8 Å². The van der Waals surface area contributed by atoms with E-state index in [4.69, 9.17) is 9.47 Å². The fourth-order valence-corrected chi connectivity index (χ4v) is 4.61. The second-order valence-electron chi connectivity index (χ2n) is 10.2. The number of hydrogen-bond donors (Lipinski definition) is 2. The van der Waals surface area contributed by atoms with E-state index < -0.39 is 46.5 Å². The highest BCUT2D eigenvalue weighted by atomic mass is 16.6. The van der Waals surface area contributed by atoms with E-state index in [1.165, 1.54) is 25.1 Å². The second-order valence-corrected chi connectivity index (χ2v) is 10.2. The minimum Gasteiger partial charge on any atom is -0.463 e. The smallest absolute Gasteiger partial charge is 0.336 e. The van der Waals surface area contributed by atoms with Gasteiger partial charge in [0.1, 0.15) is 0 Å². The molecule has 1 aliphatic carbocycles. The average Bonchev–Trinajstić information content (AvgIpc) is 2.78. The maximum atomic E-state index is 13.6. The van der Waals surface area contributed by atoms with Crippen molar-refractivity contribution >= 4 is 23.3 Å². The maximum Gasteiger partial charge on any atom is 0.336 e. The van der Waals surface area contributed by atoms with E-state index in [9.17, 15) is 24.8 Å². The molecule has 3 unspecified atom stereocenters.